The van der Waals surface area contributed by atoms with Crippen LogP contribution in [0.3, 0.4) is 0 Å². The molecule has 0 aromatic heterocycles. The smallest absolute Gasteiger partial charge is 0.317 e. The molecule has 0 aliphatic rings. The van der Waals surface area contributed by atoms with E-state index in [2.05, 4.69) is 10.6 Å². The van der Waals surface area contributed by atoms with Crippen LogP contribution in [0.5, 0.6) is 0 Å². The Labute approximate surface area is 133 Å². The van der Waals surface area contributed by atoms with Gasteiger partial charge in [0.05, 0.1) is 6.42 Å². The molecular weight excluding hydrogens is 305 g/mol. The highest BCUT2D eigenvalue weighted by Gasteiger charge is 2.09. The Bertz CT molecular complexity index is 548. The predicted molar refractivity (Wildman–Crippen MR) is 81.6 cm³/mol. The number of benzene rings is 1. The van der Waals surface area contributed by atoms with Gasteiger partial charge in [0.2, 0.25) is 0 Å². The van der Waals surface area contributed by atoms with Gasteiger partial charge in [0.25, 0.3) is 5.91 Å². The van der Waals surface area contributed by atoms with Gasteiger partial charge in [0.15, 0.2) is 0 Å². The third kappa shape index (κ3) is 7.25. The van der Waals surface area contributed by atoms with Crippen LogP contribution in [0.4, 0.5) is 9.18 Å². The lowest BCUT2D eigenvalue weighted by molar-refractivity contribution is -0.137. The van der Waals surface area contributed by atoms with Crippen molar-refractivity contribution in [1.29, 1.82) is 0 Å². The van der Waals surface area contributed by atoms with Crippen LogP contribution in [0.1, 0.15) is 23.2 Å². The van der Waals surface area contributed by atoms with Gasteiger partial charge in [0.1, 0.15) is 5.82 Å². The van der Waals surface area contributed by atoms with Crippen LogP contribution >= 0.6 is 0 Å². The molecule has 0 unspecified atom stereocenters. The highest BCUT2D eigenvalue weighted by atomic mass is 19.1. The van der Waals surface area contributed by atoms with E-state index in [1.165, 1.54) is 36.2 Å². The second-order valence-electron chi connectivity index (χ2n) is 4.91. The Morgan fingerprint density at radius 1 is 1.13 bits per heavy atom. The van der Waals surface area contributed by atoms with Crippen molar-refractivity contribution in [2.75, 3.05) is 26.7 Å². The number of halogens is 1. The molecule has 0 aliphatic heterocycles. The highest BCUT2D eigenvalue weighted by Crippen LogP contribution is 2.02. The largest absolute Gasteiger partial charge is 0.481 e. The maximum atomic E-state index is 12.7. The van der Waals surface area contributed by atoms with Crippen molar-refractivity contribution in [1.82, 2.24) is 15.5 Å². The van der Waals surface area contributed by atoms with Gasteiger partial charge in [-0.25, -0.2) is 9.18 Å². The summed E-state index contributed by atoms with van der Waals surface area (Å²) in [6, 6.07) is 4.84. The first-order valence-electron chi connectivity index (χ1n) is 7.14. The van der Waals surface area contributed by atoms with Crippen LogP contribution in [0.2, 0.25) is 0 Å². The van der Waals surface area contributed by atoms with Crippen molar-refractivity contribution in [2.24, 2.45) is 0 Å². The summed E-state index contributed by atoms with van der Waals surface area (Å²) in [4.78, 5) is 35.0. The number of hydrogen-bond acceptors (Lipinski definition) is 3. The van der Waals surface area contributed by atoms with E-state index in [0.29, 0.717) is 25.1 Å². The molecule has 0 radical (unpaired) electrons. The first-order chi connectivity index (χ1) is 10.9. The van der Waals surface area contributed by atoms with Crippen LogP contribution in [0.25, 0.3) is 0 Å². The van der Waals surface area contributed by atoms with Crippen LogP contribution < -0.4 is 10.6 Å². The highest BCUT2D eigenvalue weighted by molar-refractivity contribution is 5.94. The number of rotatable bonds is 8. The second-order valence-corrected chi connectivity index (χ2v) is 4.91. The Morgan fingerprint density at radius 2 is 1.74 bits per heavy atom. The summed E-state index contributed by atoms with van der Waals surface area (Å²) in [6.45, 7) is 0.831. The maximum Gasteiger partial charge on any atom is 0.317 e. The summed E-state index contributed by atoms with van der Waals surface area (Å²) < 4.78 is 12.7. The number of carboxylic acid groups (broad SMARTS) is 1. The van der Waals surface area contributed by atoms with Crippen LogP contribution in [-0.2, 0) is 4.79 Å². The fourth-order valence-corrected chi connectivity index (χ4v) is 1.69. The minimum absolute atomic E-state index is 0.113. The van der Waals surface area contributed by atoms with Gasteiger partial charge in [-0.1, -0.05) is 0 Å². The standard InChI is InChI=1S/C15H20FN3O4/c1-19(10-7-13(20)21)15(23)18-9-2-8-17-14(22)11-3-5-12(16)6-4-11/h3-6H,2,7-10H2,1H3,(H,17,22)(H,18,23)(H,20,21). The molecule has 8 heteroatoms. The summed E-state index contributed by atoms with van der Waals surface area (Å²) in [6.07, 6.45) is 0.406. The lowest BCUT2D eigenvalue weighted by Gasteiger charge is -2.16. The van der Waals surface area contributed by atoms with E-state index in [1.54, 1.807) is 0 Å². The molecule has 0 bridgehead atoms. The van der Waals surface area contributed by atoms with Crippen molar-refractivity contribution in [3.05, 3.63) is 35.6 Å². The van der Waals surface area contributed by atoms with E-state index >= 15 is 0 Å². The van der Waals surface area contributed by atoms with Gasteiger partial charge < -0.3 is 20.6 Å². The van der Waals surface area contributed by atoms with E-state index in [0.717, 1.165) is 0 Å². The van der Waals surface area contributed by atoms with E-state index in [4.69, 9.17) is 5.11 Å². The zero-order valence-electron chi connectivity index (χ0n) is 12.8. The molecule has 0 fully saturated rings. The number of aliphatic carboxylic acids is 1. The summed E-state index contributed by atoms with van der Waals surface area (Å²) in [7, 11) is 1.51. The Kier molecular flexibility index (Phi) is 7.52. The fourth-order valence-electron chi connectivity index (χ4n) is 1.69. The topological polar surface area (TPSA) is 98.7 Å². The minimum Gasteiger partial charge on any atom is -0.481 e. The van der Waals surface area contributed by atoms with E-state index in [9.17, 15) is 18.8 Å². The minimum atomic E-state index is -0.965. The number of urea groups is 1. The molecule has 0 saturated carbocycles. The zero-order chi connectivity index (χ0) is 17.2. The maximum absolute atomic E-state index is 12.7. The molecule has 0 atom stereocenters. The first kappa shape index (κ1) is 18.4. The molecule has 0 saturated heterocycles. The van der Waals surface area contributed by atoms with Gasteiger partial charge in [0, 0.05) is 32.2 Å². The molecule has 1 aromatic carbocycles. The van der Waals surface area contributed by atoms with E-state index < -0.39 is 11.8 Å². The molecule has 7 nitrogen and oxygen atoms in total. The molecule has 3 N–H and O–H groups in total. The van der Waals surface area contributed by atoms with E-state index in [1.807, 2.05) is 0 Å². The number of carbonyl (C=O) groups is 3. The predicted octanol–water partition coefficient (Wildman–Crippen LogP) is 1.06. The number of amides is 3. The molecule has 0 spiro atoms. The second kappa shape index (κ2) is 9.39. The molecule has 0 heterocycles. The van der Waals surface area contributed by atoms with Gasteiger partial charge in [-0.15, -0.1) is 0 Å². The van der Waals surface area contributed by atoms with Crippen LogP contribution in [0, 0.1) is 5.82 Å². The number of carboxylic acids is 1. The van der Waals surface area contributed by atoms with Crippen molar-refractivity contribution in [2.45, 2.75) is 12.8 Å². The zero-order valence-corrected chi connectivity index (χ0v) is 12.8. The van der Waals surface area contributed by atoms with Crippen molar-refractivity contribution in [3.8, 4) is 0 Å². The van der Waals surface area contributed by atoms with E-state index in [-0.39, 0.29) is 24.9 Å². The molecule has 1 aromatic rings. The summed E-state index contributed by atoms with van der Waals surface area (Å²) in [5.41, 5.74) is 0.365. The molecule has 23 heavy (non-hydrogen) atoms. The van der Waals surface area contributed by atoms with Crippen molar-refractivity contribution < 1.29 is 23.9 Å². The lowest BCUT2D eigenvalue weighted by atomic mass is 10.2. The summed E-state index contributed by atoms with van der Waals surface area (Å²) >= 11 is 0. The average Bonchev–Trinajstić information content (AvgIpc) is 2.52. The number of hydrogen-bond donors (Lipinski definition) is 3. The average molecular weight is 325 g/mol. The number of nitrogens with zero attached hydrogens (tertiary/aromatic N) is 1. The summed E-state index contributed by atoms with van der Waals surface area (Å²) in [5.74, 6) is -1.68. The molecule has 1 rings (SSSR count). The van der Waals surface area contributed by atoms with Gasteiger partial charge in [-0.2, -0.15) is 0 Å². The monoisotopic (exact) mass is 325 g/mol. The third-order valence-corrected chi connectivity index (χ3v) is 3.03. The Morgan fingerprint density at radius 3 is 2.35 bits per heavy atom. The van der Waals surface area contributed by atoms with Crippen molar-refractivity contribution >= 4 is 17.9 Å². The molecule has 3 amide bonds. The van der Waals surface area contributed by atoms with Gasteiger partial charge >= 0.3 is 12.0 Å². The molecule has 0 aliphatic carbocycles. The number of nitrogens with one attached hydrogen (secondary N) is 2. The fraction of sp³-hybridized carbons (Fsp3) is 0.400. The van der Waals surface area contributed by atoms with Crippen LogP contribution in [-0.4, -0.2) is 54.6 Å². The molecular formula is C15H20FN3O4. The Hall–Kier alpha value is -2.64. The van der Waals surface area contributed by atoms with Gasteiger partial charge in [-0.05, 0) is 30.7 Å². The number of carbonyl (C=O) groups excluding carboxylic acids is 2. The quantitative estimate of drug-likeness (QED) is 0.622. The normalized spacial score (nSPS) is 10.0. The Balaban J connectivity index is 2.17. The third-order valence-electron chi connectivity index (χ3n) is 3.03. The van der Waals surface area contributed by atoms with Gasteiger partial charge in [-0.3, -0.25) is 9.59 Å². The molecule has 126 valence electrons. The van der Waals surface area contributed by atoms with Crippen molar-refractivity contribution in [3.63, 3.8) is 0 Å². The summed E-state index contributed by atoms with van der Waals surface area (Å²) in [5, 5.41) is 13.8. The van der Waals surface area contributed by atoms with Crippen LogP contribution in [0.15, 0.2) is 24.3 Å². The lowest BCUT2D eigenvalue weighted by Crippen LogP contribution is -2.39. The SMILES string of the molecule is CN(CCC(=O)O)C(=O)NCCCNC(=O)c1ccc(F)cc1. The first-order valence-corrected chi connectivity index (χ1v) is 7.14.